The van der Waals surface area contributed by atoms with Crippen LogP contribution in [0, 0.1) is 0 Å². The third-order valence-corrected chi connectivity index (χ3v) is 2.50. The van der Waals surface area contributed by atoms with Gasteiger partial charge in [-0.25, -0.2) is 4.98 Å². The van der Waals surface area contributed by atoms with Gasteiger partial charge in [-0.15, -0.1) is 0 Å². The second-order valence-electron chi connectivity index (χ2n) is 3.98. The van der Waals surface area contributed by atoms with Crippen molar-refractivity contribution in [2.24, 2.45) is 0 Å². The molecule has 4 nitrogen and oxygen atoms in total. The highest BCUT2D eigenvalue weighted by Crippen LogP contribution is 2.16. The fourth-order valence-electron chi connectivity index (χ4n) is 1.63. The zero-order valence-electron chi connectivity index (χ0n) is 9.23. The van der Waals surface area contributed by atoms with E-state index in [4.69, 9.17) is 4.74 Å². The van der Waals surface area contributed by atoms with Crippen molar-refractivity contribution in [2.75, 3.05) is 32.1 Å². The van der Waals surface area contributed by atoms with E-state index in [0.29, 0.717) is 6.10 Å². The van der Waals surface area contributed by atoms with Gasteiger partial charge in [-0.2, -0.15) is 0 Å². The minimum atomic E-state index is 0.303. The molecule has 2 rings (SSSR count). The number of rotatable bonds is 3. The highest BCUT2D eigenvalue weighted by molar-refractivity contribution is 5.38. The third kappa shape index (κ3) is 2.59. The lowest BCUT2D eigenvalue weighted by Crippen LogP contribution is -2.19. The lowest BCUT2D eigenvalue weighted by molar-refractivity contribution is 0.222. The molecule has 1 aromatic rings. The van der Waals surface area contributed by atoms with Crippen LogP contribution in [0.25, 0.3) is 0 Å². The predicted molar refractivity (Wildman–Crippen MR) is 60.5 cm³/mol. The molecule has 15 heavy (non-hydrogen) atoms. The molecule has 0 radical (unpaired) electrons. The van der Waals surface area contributed by atoms with E-state index in [1.54, 1.807) is 6.20 Å². The summed E-state index contributed by atoms with van der Waals surface area (Å²) in [6.45, 7) is 1.99. The van der Waals surface area contributed by atoms with Gasteiger partial charge in [0.05, 0.1) is 6.20 Å². The fourth-order valence-corrected chi connectivity index (χ4v) is 1.63. The van der Waals surface area contributed by atoms with Crippen molar-refractivity contribution in [3.05, 3.63) is 18.3 Å². The van der Waals surface area contributed by atoms with Crippen molar-refractivity contribution in [1.29, 1.82) is 0 Å². The van der Waals surface area contributed by atoms with E-state index in [-0.39, 0.29) is 0 Å². The summed E-state index contributed by atoms with van der Waals surface area (Å²) in [4.78, 5) is 6.27. The third-order valence-electron chi connectivity index (χ3n) is 2.50. The first-order valence-electron chi connectivity index (χ1n) is 5.26. The SMILES string of the molecule is CN(C)c1ccc(OC2CCNC2)cn1. The average molecular weight is 207 g/mol. The molecule has 0 bridgehead atoms. The molecule has 0 aromatic carbocycles. The van der Waals surface area contributed by atoms with Gasteiger partial charge in [-0.1, -0.05) is 0 Å². The maximum absolute atomic E-state index is 5.77. The van der Waals surface area contributed by atoms with E-state index in [1.807, 2.05) is 31.1 Å². The van der Waals surface area contributed by atoms with Crippen LogP contribution in [0.2, 0.25) is 0 Å². The van der Waals surface area contributed by atoms with Crippen LogP contribution in [0.15, 0.2) is 18.3 Å². The lowest BCUT2D eigenvalue weighted by Gasteiger charge is -2.14. The topological polar surface area (TPSA) is 37.4 Å². The zero-order valence-corrected chi connectivity index (χ0v) is 9.23. The lowest BCUT2D eigenvalue weighted by atomic mass is 10.3. The number of hydrogen-bond donors (Lipinski definition) is 1. The number of aromatic nitrogens is 1. The molecule has 0 aliphatic carbocycles. The van der Waals surface area contributed by atoms with E-state index < -0.39 is 0 Å². The Balaban J connectivity index is 1.97. The van der Waals surface area contributed by atoms with Crippen LogP contribution in [-0.2, 0) is 0 Å². The minimum Gasteiger partial charge on any atom is -0.487 e. The Kier molecular flexibility index (Phi) is 3.06. The van der Waals surface area contributed by atoms with Gasteiger partial charge in [0.15, 0.2) is 0 Å². The quantitative estimate of drug-likeness (QED) is 0.798. The highest BCUT2D eigenvalue weighted by atomic mass is 16.5. The Morgan fingerprint density at radius 1 is 1.47 bits per heavy atom. The van der Waals surface area contributed by atoms with Gasteiger partial charge >= 0.3 is 0 Å². The molecule has 1 atom stereocenters. The van der Waals surface area contributed by atoms with Gasteiger partial charge in [0, 0.05) is 20.6 Å². The van der Waals surface area contributed by atoms with Crippen molar-refractivity contribution in [1.82, 2.24) is 10.3 Å². The van der Waals surface area contributed by atoms with Crippen molar-refractivity contribution >= 4 is 5.82 Å². The summed E-state index contributed by atoms with van der Waals surface area (Å²) < 4.78 is 5.77. The fraction of sp³-hybridized carbons (Fsp3) is 0.545. The van der Waals surface area contributed by atoms with Gasteiger partial charge in [0.2, 0.25) is 0 Å². The second-order valence-corrected chi connectivity index (χ2v) is 3.98. The predicted octanol–water partition coefficient (Wildman–Crippen LogP) is 0.888. The van der Waals surface area contributed by atoms with Crippen molar-refractivity contribution in [2.45, 2.75) is 12.5 Å². The molecule has 1 N–H and O–H groups in total. The van der Waals surface area contributed by atoms with E-state index in [1.165, 1.54) is 0 Å². The molecule has 1 saturated heterocycles. The highest BCUT2D eigenvalue weighted by Gasteiger charge is 2.15. The number of nitrogens with zero attached hydrogens (tertiary/aromatic N) is 2. The molecule has 0 saturated carbocycles. The number of ether oxygens (including phenoxy) is 1. The Morgan fingerprint density at radius 2 is 2.33 bits per heavy atom. The van der Waals surface area contributed by atoms with Gasteiger partial charge in [0.25, 0.3) is 0 Å². The minimum absolute atomic E-state index is 0.303. The molecule has 1 unspecified atom stereocenters. The molecule has 0 amide bonds. The zero-order chi connectivity index (χ0) is 10.7. The number of nitrogens with one attached hydrogen (secondary N) is 1. The van der Waals surface area contributed by atoms with Crippen molar-refractivity contribution in [3.8, 4) is 5.75 Å². The summed E-state index contributed by atoms with van der Waals surface area (Å²) in [5.41, 5.74) is 0. The summed E-state index contributed by atoms with van der Waals surface area (Å²) in [6.07, 6.45) is 3.17. The largest absolute Gasteiger partial charge is 0.487 e. The standard InChI is InChI=1S/C11H17N3O/c1-14(2)11-4-3-9(8-13-11)15-10-5-6-12-7-10/h3-4,8,10,12H,5-7H2,1-2H3. The van der Waals surface area contributed by atoms with Crippen LogP contribution >= 0.6 is 0 Å². The van der Waals surface area contributed by atoms with Gasteiger partial charge in [-0.05, 0) is 25.1 Å². The first-order chi connectivity index (χ1) is 7.25. The first kappa shape index (κ1) is 10.2. The molecule has 1 aliphatic heterocycles. The van der Waals surface area contributed by atoms with E-state index >= 15 is 0 Å². The van der Waals surface area contributed by atoms with E-state index in [9.17, 15) is 0 Å². The number of hydrogen-bond acceptors (Lipinski definition) is 4. The Bertz CT molecular complexity index is 304. The normalized spacial score (nSPS) is 20.3. The number of pyridine rings is 1. The Morgan fingerprint density at radius 3 is 2.87 bits per heavy atom. The van der Waals surface area contributed by atoms with E-state index in [0.717, 1.165) is 31.1 Å². The van der Waals surface area contributed by atoms with Crippen molar-refractivity contribution < 1.29 is 4.74 Å². The van der Waals surface area contributed by atoms with E-state index in [2.05, 4.69) is 10.3 Å². The molecule has 82 valence electrons. The molecule has 1 aliphatic rings. The Hall–Kier alpha value is -1.29. The molecular weight excluding hydrogens is 190 g/mol. The summed E-state index contributed by atoms with van der Waals surface area (Å²) in [7, 11) is 3.95. The second kappa shape index (κ2) is 4.49. The van der Waals surface area contributed by atoms with Gasteiger partial charge in [0.1, 0.15) is 17.7 Å². The summed E-state index contributed by atoms with van der Waals surface area (Å²) in [5, 5.41) is 3.27. The summed E-state index contributed by atoms with van der Waals surface area (Å²) in [6, 6.07) is 3.94. The maximum atomic E-state index is 5.77. The van der Waals surface area contributed by atoms with Gasteiger partial charge in [-0.3, -0.25) is 0 Å². The monoisotopic (exact) mass is 207 g/mol. The van der Waals surface area contributed by atoms with Crippen molar-refractivity contribution in [3.63, 3.8) is 0 Å². The molecule has 0 spiro atoms. The smallest absolute Gasteiger partial charge is 0.138 e. The molecule has 1 fully saturated rings. The molecule has 2 heterocycles. The van der Waals surface area contributed by atoms with Crippen LogP contribution in [0.1, 0.15) is 6.42 Å². The summed E-state index contributed by atoms with van der Waals surface area (Å²) in [5.74, 6) is 1.81. The maximum Gasteiger partial charge on any atom is 0.138 e. The molecular formula is C11H17N3O. The van der Waals surface area contributed by atoms with Crippen LogP contribution in [0.5, 0.6) is 5.75 Å². The van der Waals surface area contributed by atoms with Crippen LogP contribution in [-0.4, -0.2) is 38.3 Å². The molecule has 4 heteroatoms. The van der Waals surface area contributed by atoms with Crippen LogP contribution in [0.4, 0.5) is 5.82 Å². The summed E-state index contributed by atoms with van der Waals surface area (Å²) >= 11 is 0. The van der Waals surface area contributed by atoms with Crippen LogP contribution < -0.4 is 15.0 Å². The van der Waals surface area contributed by atoms with Gasteiger partial charge < -0.3 is 15.0 Å². The average Bonchev–Trinajstić information content (AvgIpc) is 2.71. The number of anilines is 1. The van der Waals surface area contributed by atoms with Crippen LogP contribution in [0.3, 0.4) is 0 Å². The first-order valence-corrected chi connectivity index (χ1v) is 5.26. The Labute approximate surface area is 90.3 Å². The molecule has 1 aromatic heterocycles.